The molecule has 0 fully saturated rings. The second kappa shape index (κ2) is 5.85. The monoisotopic (exact) mass is 296 g/mol. The Labute approximate surface area is 128 Å². The molecule has 3 N–H and O–H groups in total. The molecule has 1 aliphatic heterocycles. The molecule has 0 spiro atoms. The van der Waals surface area contributed by atoms with E-state index in [1.807, 2.05) is 6.07 Å². The number of para-hydroxylation sites is 1. The van der Waals surface area contributed by atoms with Crippen molar-refractivity contribution in [2.24, 2.45) is 0 Å². The van der Waals surface area contributed by atoms with Gasteiger partial charge < -0.3 is 15.4 Å². The molecule has 1 amide bonds. The molecule has 22 heavy (non-hydrogen) atoms. The Morgan fingerprint density at radius 2 is 2.09 bits per heavy atom. The number of hydrogen-bond donors (Lipinski definition) is 2. The molecule has 1 aliphatic rings. The lowest BCUT2D eigenvalue weighted by Gasteiger charge is -2.20. The Hall–Kier alpha value is -2.89. The van der Waals surface area contributed by atoms with Gasteiger partial charge in [0, 0.05) is 23.0 Å². The normalized spacial score (nSPS) is 13.7. The summed E-state index contributed by atoms with van der Waals surface area (Å²) in [6.07, 6.45) is 1.66. The van der Waals surface area contributed by atoms with E-state index in [4.69, 9.17) is 15.9 Å². The van der Waals surface area contributed by atoms with Crippen LogP contribution in [0.1, 0.15) is 11.1 Å². The van der Waals surface area contributed by atoms with Crippen LogP contribution in [0.15, 0.2) is 42.6 Å². The smallest absolute Gasteiger partial charge is 0.272 e. The van der Waals surface area contributed by atoms with Crippen molar-refractivity contribution in [3.8, 4) is 5.88 Å². The van der Waals surface area contributed by atoms with Crippen molar-refractivity contribution in [1.29, 1.82) is 5.41 Å². The maximum atomic E-state index is 12.6. The van der Waals surface area contributed by atoms with Crippen molar-refractivity contribution in [2.75, 3.05) is 18.9 Å². The molecule has 0 saturated carbocycles. The SMILES string of the molecule is N=C(C(=O)N1CCOc2ncccc2C1)c1ccccc1N. The number of nitrogens with two attached hydrogens (primary N) is 1. The summed E-state index contributed by atoms with van der Waals surface area (Å²) < 4.78 is 5.54. The van der Waals surface area contributed by atoms with Crippen LogP contribution in [0.4, 0.5) is 5.69 Å². The standard InChI is InChI=1S/C16H16N4O2/c17-13-6-2-1-5-12(13)14(18)16(21)20-8-9-22-15-11(10-20)4-3-7-19-15/h1-7,18H,8-10,17H2. The van der Waals surface area contributed by atoms with Gasteiger partial charge in [-0.1, -0.05) is 24.3 Å². The van der Waals surface area contributed by atoms with Gasteiger partial charge in [-0.05, 0) is 12.1 Å². The lowest BCUT2D eigenvalue weighted by atomic mass is 10.1. The van der Waals surface area contributed by atoms with E-state index >= 15 is 0 Å². The van der Waals surface area contributed by atoms with Crippen molar-refractivity contribution in [3.05, 3.63) is 53.7 Å². The Bertz CT molecular complexity index is 730. The maximum Gasteiger partial charge on any atom is 0.272 e. The fourth-order valence-corrected chi connectivity index (χ4v) is 2.38. The first kappa shape index (κ1) is 14.1. The Morgan fingerprint density at radius 1 is 1.27 bits per heavy atom. The highest BCUT2D eigenvalue weighted by Crippen LogP contribution is 2.21. The van der Waals surface area contributed by atoms with E-state index in [0.29, 0.717) is 36.8 Å². The number of anilines is 1. The Balaban J connectivity index is 1.84. The van der Waals surface area contributed by atoms with E-state index in [0.717, 1.165) is 5.56 Å². The molecule has 3 rings (SSSR count). The molecule has 6 nitrogen and oxygen atoms in total. The van der Waals surface area contributed by atoms with Gasteiger partial charge in [-0.3, -0.25) is 10.2 Å². The van der Waals surface area contributed by atoms with E-state index in [9.17, 15) is 4.79 Å². The highest BCUT2D eigenvalue weighted by molar-refractivity contribution is 6.45. The number of pyridine rings is 1. The van der Waals surface area contributed by atoms with E-state index in [-0.39, 0.29) is 11.6 Å². The molecule has 112 valence electrons. The average molecular weight is 296 g/mol. The fourth-order valence-electron chi connectivity index (χ4n) is 2.38. The van der Waals surface area contributed by atoms with Gasteiger partial charge in [0.25, 0.3) is 5.91 Å². The summed E-state index contributed by atoms with van der Waals surface area (Å²) >= 11 is 0. The topological polar surface area (TPSA) is 92.3 Å². The molecule has 6 heteroatoms. The summed E-state index contributed by atoms with van der Waals surface area (Å²) in [5.41, 5.74) is 7.45. The highest BCUT2D eigenvalue weighted by atomic mass is 16.5. The fraction of sp³-hybridized carbons (Fsp3) is 0.188. The first-order valence-electron chi connectivity index (χ1n) is 6.96. The first-order valence-corrected chi connectivity index (χ1v) is 6.96. The number of hydrogen-bond acceptors (Lipinski definition) is 5. The number of rotatable bonds is 2. The van der Waals surface area contributed by atoms with Crippen LogP contribution in [0.2, 0.25) is 0 Å². The van der Waals surface area contributed by atoms with Gasteiger partial charge in [0.1, 0.15) is 12.3 Å². The predicted octanol–water partition coefficient (Wildman–Crippen LogP) is 1.45. The van der Waals surface area contributed by atoms with Gasteiger partial charge in [-0.15, -0.1) is 0 Å². The summed E-state index contributed by atoms with van der Waals surface area (Å²) in [5, 5.41) is 8.14. The van der Waals surface area contributed by atoms with Crippen molar-refractivity contribution < 1.29 is 9.53 Å². The zero-order chi connectivity index (χ0) is 15.5. The quantitative estimate of drug-likeness (QED) is 0.648. The molecule has 1 aromatic carbocycles. The number of nitrogens with zero attached hydrogens (tertiary/aromatic N) is 2. The molecule has 0 unspecified atom stereocenters. The van der Waals surface area contributed by atoms with Crippen molar-refractivity contribution >= 4 is 17.3 Å². The van der Waals surface area contributed by atoms with E-state index in [1.165, 1.54) is 0 Å². The second-order valence-corrected chi connectivity index (χ2v) is 5.01. The van der Waals surface area contributed by atoms with Crippen molar-refractivity contribution in [3.63, 3.8) is 0 Å². The van der Waals surface area contributed by atoms with Crippen LogP contribution in [0.5, 0.6) is 5.88 Å². The van der Waals surface area contributed by atoms with Crippen LogP contribution < -0.4 is 10.5 Å². The van der Waals surface area contributed by atoms with Crippen LogP contribution in [-0.4, -0.2) is 34.7 Å². The summed E-state index contributed by atoms with van der Waals surface area (Å²) in [5.74, 6) is 0.182. The molecular weight excluding hydrogens is 280 g/mol. The molecule has 1 aromatic heterocycles. The van der Waals surface area contributed by atoms with E-state index in [1.54, 1.807) is 41.4 Å². The minimum atomic E-state index is -0.363. The van der Waals surface area contributed by atoms with Crippen LogP contribution >= 0.6 is 0 Å². The molecule has 0 aliphatic carbocycles. The number of benzene rings is 1. The number of aromatic nitrogens is 1. The van der Waals surface area contributed by atoms with Crippen LogP contribution in [0.25, 0.3) is 0 Å². The first-order chi connectivity index (χ1) is 10.7. The third kappa shape index (κ3) is 2.63. The maximum absolute atomic E-state index is 12.6. The summed E-state index contributed by atoms with van der Waals surface area (Å²) in [7, 11) is 0. The zero-order valence-corrected chi connectivity index (χ0v) is 12.0. The number of ether oxygens (including phenoxy) is 1. The Kier molecular flexibility index (Phi) is 3.74. The van der Waals surface area contributed by atoms with Crippen molar-refractivity contribution in [2.45, 2.75) is 6.54 Å². The van der Waals surface area contributed by atoms with Gasteiger partial charge >= 0.3 is 0 Å². The molecule has 0 bridgehead atoms. The zero-order valence-electron chi connectivity index (χ0n) is 12.0. The third-order valence-corrected chi connectivity index (χ3v) is 3.54. The number of nitrogen functional groups attached to an aromatic ring is 1. The third-order valence-electron chi connectivity index (χ3n) is 3.54. The molecular formula is C16H16N4O2. The molecule has 2 heterocycles. The van der Waals surface area contributed by atoms with Crippen molar-refractivity contribution in [1.82, 2.24) is 9.88 Å². The van der Waals surface area contributed by atoms with Gasteiger partial charge in [0.2, 0.25) is 5.88 Å². The molecule has 0 radical (unpaired) electrons. The lowest BCUT2D eigenvalue weighted by Crippen LogP contribution is -2.37. The minimum Gasteiger partial charge on any atom is -0.476 e. The highest BCUT2D eigenvalue weighted by Gasteiger charge is 2.24. The molecule has 2 aromatic rings. The molecule has 0 atom stereocenters. The van der Waals surface area contributed by atoms with Crippen LogP contribution in [-0.2, 0) is 11.3 Å². The number of carbonyl (C=O) groups is 1. The number of carbonyl (C=O) groups excluding carboxylic acids is 1. The summed E-state index contributed by atoms with van der Waals surface area (Å²) in [6.45, 7) is 1.13. The largest absolute Gasteiger partial charge is 0.476 e. The van der Waals surface area contributed by atoms with Gasteiger partial charge in [-0.25, -0.2) is 4.98 Å². The van der Waals surface area contributed by atoms with E-state index in [2.05, 4.69) is 4.98 Å². The Morgan fingerprint density at radius 3 is 2.91 bits per heavy atom. The predicted molar refractivity (Wildman–Crippen MR) is 82.8 cm³/mol. The second-order valence-electron chi connectivity index (χ2n) is 5.01. The summed E-state index contributed by atoms with van der Waals surface area (Å²) in [6, 6.07) is 10.6. The van der Waals surface area contributed by atoms with Gasteiger partial charge in [0.05, 0.1) is 13.1 Å². The number of nitrogens with one attached hydrogen (secondary N) is 1. The van der Waals surface area contributed by atoms with Gasteiger partial charge in [-0.2, -0.15) is 0 Å². The van der Waals surface area contributed by atoms with Gasteiger partial charge in [0.15, 0.2) is 0 Å². The summed E-state index contributed by atoms with van der Waals surface area (Å²) in [4.78, 5) is 18.3. The van der Waals surface area contributed by atoms with E-state index < -0.39 is 0 Å². The van der Waals surface area contributed by atoms with Crippen LogP contribution in [0, 0.1) is 5.41 Å². The van der Waals surface area contributed by atoms with Crippen LogP contribution in [0.3, 0.4) is 0 Å². The average Bonchev–Trinajstić information content (AvgIpc) is 2.76. The minimum absolute atomic E-state index is 0.106. The number of amides is 1. The molecule has 0 saturated heterocycles. The number of fused-ring (bicyclic) bond motifs is 1. The lowest BCUT2D eigenvalue weighted by molar-refractivity contribution is -0.124.